The van der Waals surface area contributed by atoms with Crippen molar-refractivity contribution in [2.45, 2.75) is 53.2 Å². The van der Waals surface area contributed by atoms with Gasteiger partial charge in [0.25, 0.3) is 0 Å². The van der Waals surface area contributed by atoms with Crippen molar-refractivity contribution in [3.8, 4) is 0 Å². The van der Waals surface area contributed by atoms with Gasteiger partial charge in [-0.2, -0.15) is 0 Å². The maximum Gasteiger partial charge on any atom is 0.236 e. The molecule has 0 saturated heterocycles. The molecule has 1 unspecified atom stereocenters. The number of rotatable bonds is 8. The number of carbonyl (C=O) groups excluding carboxylic acids is 1. The lowest BCUT2D eigenvalue weighted by atomic mass is 10.1. The highest BCUT2D eigenvalue weighted by molar-refractivity contribution is 5.81. The summed E-state index contributed by atoms with van der Waals surface area (Å²) < 4.78 is 1.95. The molecule has 0 aliphatic rings. The fourth-order valence-electron chi connectivity index (χ4n) is 1.65. The number of aryl methyl sites for hydroxylation is 1. The van der Waals surface area contributed by atoms with Gasteiger partial charge in [-0.15, -0.1) is 10.2 Å². The van der Waals surface area contributed by atoms with Crippen molar-refractivity contribution in [1.82, 2.24) is 25.4 Å². The van der Waals surface area contributed by atoms with Gasteiger partial charge in [0.05, 0.1) is 12.6 Å². The zero-order valence-corrected chi connectivity index (χ0v) is 12.3. The Balaban J connectivity index is 2.30. The molecule has 0 saturated carbocycles. The van der Waals surface area contributed by atoms with E-state index < -0.39 is 0 Å². The van der Waals surface area contributed by atoms with Gasteiger partial charge in [-0.3, -0.25) is 10.1 Å². The van der Waals surface area contributed by atoms with Crippen molar-refractivity contribution in [3.05, 3.63) is 12.2 Å². The van der Waals surface area contributed by atoms with Crippen LogP contribution < -0.4 is 10.6 Å². The molecule has 0 spiro atoms. The molecule has 1 rings (SSSR count). The molecule has 108 valence electrons. The van der Waals surface area contributed by atoms with Crippen LogP contribution in [0.3, 0.4) is 0 Å². The monoisotopic (exact) mass is 267 g/mol. The quantitative estimate of drug-likeness (QED) is 0.735. The standard InChI is InChI=1S/C13H25N5O/c1-5-18-9-16-17-12(18)8-15-11(4)13(19)14-7-6-10(2)3/h9-11,15H,5-8H2,1-4H3,(H,14,19). The molecule has 1 aromatic rings. The van der Waals surface area contributed by atoms with Crippen molar-refractivity contribution < 1.29 is 4.79 Å². The second-order valence-electron chi connectivity index (χ2n) is 5.11. The highest BCUT2D eigenvalue weighted by Gasteiger charge is 2.13. The van der Waals surface area contributed by atoms with Gasteiger partial charge >= 0.3 is 0 Å². The van der Waals surface area contributed by atoms with Crippen molar-refractivity contribution in [2.24, 2.45) is 5.92 Å². The highest BCUT2D eigenvalue weighted by Crippen LogP contribution is 1.98. The fraction of sp³-hybridized carbons (Fsp3) is 0.769. The van der Waals surface area contributed by atoms with Crippen molar-refractivity contribution in [1.29, 1.82) is 0 Å². The van der Waals surface area contributed by atoms with Gasteiger partial charge in [-0.25, -0.2) is 0 Å². The van der Waals surface area contributed by atoms with Crippen LogP contribution in [0, 0.1) is 5.92 Å². The second kappa shape index (κ2) is 7.89. The molecule has 0 aliphatic heterocycles. The summed E-state index contributed by atoms with van der Waals surface area (Å²) in [7, 11) is 0. The van der Waals surface area contributed by atoms with Crippen LogP contribution in [0.15, 0.2) is 6.33 Å². The third kappa shape index (κ3) is 5.38. The largest absolute Gasteiger partial charge is 0.355 e. The average Bonchev–Trinajstić information content (AvgIpc) is 2.82. The first kappa shape index (κ1) is 15.6. The summed E-state index contributed by atoms with van der Waals surface area (Å²) >= 11 is 0. The minimum absolute atomic E-state index is 0.0308. The van der Waals surface area contributed by atoms with Crippen LogP contribution in [-0.2, 0) is 17.9 Å². The molecule has 1 amide bonds. The number of aromatic nitrogens is 3. The molecule has 6 nitrogen and oxygen atoms in total. The number of nitrogens with one attached hydrogen (secondary N) is 2. The van der Waals surface area contributed by atoms with Crippen LogP contribution in [0.2, 0.25) is 0 Å². The van der Waals surface area contributed by atoms with Gasteiger partial charge in [0, 0.05) is 13.1 Å². The van der Waals surface area contributed by atoms with E-state index >= 15 is 0 Å². The summed E-state index contributed by atoms with van der Waals surface area (Å²) in [6, 6.07) is -0.228. The summed E-state index contributed by atoms with van der Waals surface area (Å²) in [4.78, 5) is 11.8. The summed E-state index contributed by atoms with van der Waals surface area (Å²) in [6.07, 6.45) is 2.70. The molecule has 0 fully saturated rings. The molecular weight excluding hydrogens is 242 g/mol. The Morgan fingerprint density at radius 2 is 2.16 bits per heavy atom. The van der Waals surface area contributed by atoms with E-state index in [2.05, 4.69) is 34.7 Å². The fourth-order valence-corrected chi connectivity index (χ4v) is 1.65. The van der Waals surface area contributed by atoms with E-state index in [-0.39, 0.29) is 11.9 Å². The first-order valence-corrected chi connectivity index (χ1v) is 6.92. The summed E-state index contributed by atoms with van der Waals surface area (Å²) in [5.41, 5.74) is 0. The van der Waals surface area contributed by atoms with Gasteiger partial charge in [0.2, 0.25) is 5.91 Å². The number of carbonyl (C=O) groups is 1. The van der Waals surface area contributed by atoms with Crippen molar-refractivity contribution in [2.75, 3.05) is 6.54 Å². The Kier molecular flexibility index (Phi) is 6.49. The van der Waals surface area contributed by atoms with Crippen LogP contribution in [0.4, 0.5) is 0 Å². The minimum Gasteiger partial charge on any atom is -0.355 e. The second-order valence-corrected chi connectivity index (χ2v) is 5.11. The molecule has 0 radical (unpaired) electrons. The van der Waals surface area contributed by atoms with E-state index in [1.165, 1.54) is 0 Å². The average molecular weight is 267 g/mol. The molecule has 19 heavy (non-hydrogen) atoms. The van der Waals surface area contributed by atoms with Crippen LogP contribution in [0.5, 0.6) is 0 Å². The molecule has 2 N–H and O–H groups in total. The Morgan fingerprint density at radius 1 is 1.42 bits per heavy atom. The SMILES string of the molecule is CCn1cnnc1CNC(C)C(=O)NCCC(C)C. The smallest absolute Gasteiger partial charge is 0.236 e. The third-order valence-corrected chi connectivity index (χ3v) is 3.02. The Hall–Kier alpha value is -1.43. The van der Waals surface area contributed by atoms with Crippen molar-refractivity contribution >= 4 is 5.91 Å². The predicted molar refractivity (Wildman–Crippen MR) is 74.5 cm³/mol. The maximum atomic E-state index is 11.8. The van der Waals surface area contributed by atoms with Crippen molar-refractivity contribution in [3.63, 3.8) is 0 Å². The maximum absolute atomic E-state index is 11.8. The molecule has 0 aliphatic carbocycles. The lowest BCUT2D eigenvalue weighted by Crippen LogP contribution is -2.42. The number of hydrogen-bond acceptors (Lipinski definition) is 4. The first-order valence-electron chi connectivity index (χ1n) is 6.92. The lowest BCUT2D eigenvalue weighted by molar-refractivity contribution is -0.122. The molecule has 0 aromatic carbocycles. The van der Waals surface area contributed by atoms with Gasteiger partial charge < -0.3 is 9.88 Å². The minimum atomic E-state index is -0.228. The zero-order valence-electron chi connectivity index (χ0n) is 12.3. The Labute approximate surface area is 115 Å². The topological polar surface area (TPSA) is 71.8 Å². The number of amides is 1. The van der Waals surface area contributed by atoms with E-state index in [1.807, 2.05) is 18.4 Å². The summed E-state index contributed by atoms with van der Waals surface area (Å²) in [6.45, 7) is 10.3. The van der Waals surface area contributed by atoms with Gasteiger partial charge in [-0.05, 0) is 26.2 Å². The van der Waals surface area contributed by atoms with E-state index in [9.17, 15) is 4.79 Å². The van der Waals surface area contributed by atoms with Crippen LogP contribution >= 0.6 is 0 Å². The van der Waals surface area contributed by atoms with Gasteiger partial charge in [0.1, 0.15) is 12.2 Å². The lowest BCUT2D eigenvalue weighted by Gasteiger charge is -2.14. The van der Waals surface area contributed by atoms with E-state index in [0.717, 1.165) is 25.3 Å². The first-order chi connectivity index (χ1) is 9.04. The summed E-state index contributed by atoms with van der Waals surface area (Å²) in [5, 5.41) is 14.0. The molecular formula is C13H25N5O. The van der Waals surface area contributed by atoms with Gasteiger partial charge in [-0.1, -0.05) is 13.8 Å². The van der Waals surface area contributed by atoms with E-state index in [4.69, 9.17) is 0 Å². The Bertz CT molecular complexity index is 388. The van der Waals surface area contributed by atoms with Crippen LogP contribution in [-0.4, -0.2) is 33.3 Å². The third-order valence-electron chi connectivity index (χ3n) is 3.02. The van der Waals surface area contributed by atoms with Gasteiger partial charge in [0.15, 0.2) is 0 Å². The predicted octanol–water partition coefficient (Wildman–Crippen LogP) is 0.938. The van der Waals surface area contributed by atoms with Crippen LogP contribution in [0.25, 0.3) is 0 Å². The highest BCUT2D eigenvalue weighted by atomic mass is 16.2. The Morgan fingerprint density at radius 3 is 2.79 bits per heavy atom. The molecule has 1 aromatic heterocycles. The summed E-state index contributed by atoms with van der Waals surface area (Å²) in [5.74, 6) is 1.49. The molecule has 1 atom stereocenters. The number of hydrogen-bond donors (Lipinski definition) is 2. The normalized spacial score (nSPS) is 12.7. The molecule has 0 bridgehead atoms. The van der Waals surface area contributed by atoms with Crippen LogP contribution in [0.1, 0.15) is 39.9 Å². The molecule has 1 heterocycles. The number of nitrogens with zero attached hydrogens (tertiary/aromatic N) is 3. The molecule has 6 heteroatoms. The zero-order chi connectivity index (χ0) is 14.3. The van der Waals surface area contributed by atoms with E-state index in [1.54, 1.807) is 6.33 Å². The van der Waals surface area contributed by atoms with E-state index in [0.29, 0.717) is 12.5 Å².